The standard InChI is InChI=1S/C49H37N3/c1-30-12-11-14-35-28-43(40-19-8-9-20-41(40)46(30)35)44-29-45(47-31(2)36-15-5-6-17-38(36)39-18-7-10-21-42(39)47)52-49(51-44)34-24-22-33(23-25-34)48-37-16-4-3-13-32(37)26-27-50-48/h3-11,13-31,47H,12H2,1-2H3. The summed E-state index contributed by atoms with van der Waals surface area (Å²) in [6, 6.07) is 50.4. The molecule has 0 radical (unpaired) electrons. The first-order valence-electron chi connectivity index (χ1n) is 18.4. The fraction of sp³-hybridized carbons (Fsp3) is 0.122. The lowest BCUT2D eigenvalue weighted by molar-refractivity contribution is 0.633. The van der Waals surface area contributed by atoms with E-state index in [9.17, 15) is 0 Å². The number of allylic oxidation sites excluding steroid dienone is 1. The highest BCUT2D eigenvalue weighted by atomic mass is 14.9. The molecule has 0 saturated heterocycles. The van der Waals surface area contributed by atoms with Crippen molar-refractivity contribution >= 4 is 27.6 Å². The molecule has 3 heteroatoms. The summed E-state index contributed by atoms with van der Waals surface area (Å²) in [7, 11) is 0. The van der Waals surface area contributed by atoms with Gasteiger partial charge in [-0.15, -0.1) is 0 Å². The van der Waals surface area contributed by atoms with Gasteiger partial charge in [-0.25, -0.2) is 9.97 Å². The van der Waals surface area contributed by atoms with Crippen LogP contribution < -0.4 is 0 Å². The maximum atomic E-state index is 5.47. The summed E-state index contributed by atoms with van der Waals surface area (Å²) in [6.07, 6.45) is 7.56. The Kier molecular flexibility index (Phi) is 7.21. The van der Waals surface area contributed by atoms with Crippen LogP contribution >= 0.6 is 0 Å². The van der Waals surface area contributed by atoms with Gasteiger partial charge in [0.05, 0.1) is 17.1 Å². The predicted octanol–water partition coefficient (Wildman–Crippen LogP) is 12.6. The van der Waals surface area contributed by atoms with Crippen molar-refractivity contribution in [2.24, 2.45) is 0 Å². The third-order valence-corrected chi connectivity index (χ3v) is 11.4. The van der Waals surface area contributed by atoms with E-state index >= 15 is 0 Å². The van der Waals surface area contributed by atoms with Gasteiger partial charge in [0.25, 0.3) is 0 Å². The van der Waals surface area contributed by atoms with Gasteiger partial charge in [0.2, 0.25) is 0 Å². The molecular weight excluding hydrogens is 631 g/mol. The van der Waals surface area contributed by atoms with Crippen LogP contribution in [0.2, 0.25) is 0 Å². The molecule has 2 aromatic heterocycles. The summed E-state index contributed by atoms with van der Waals surface area (Å²) in [6.45, 7) is 4.69. The molecule has 2 aliphatic carbocycles. The van der Waals surface area contributed by atoms with Crippen LogP contribution in [0, 0.1) is 0 Å². The zero-order chi connectivity index (χ0) is 34.8. The van der Waals surface area contributed by atoms with E-state index in [2.05, 4.69) is 166 Å². The van der Waals surface area contributed by atoms with Gasteiger partial charge in [0.1, 0.15) is 0 Å². The zero-order valence-electron chi connectivity index (χ0n) is 29.3. The lowest BCUT2D eigenvalue weighted by atomic mass is 9.71. The second kappa shape index (κ2) is 12.2. The molecule has 0 fully saturated rings. The van der Waals surface area contributed by atoms with Crippen LogP contribution in [0.3, 0.4) is 0 Å². The van der Waals surface area contributed by atoms with E-state index in [1.807, 2.05) is 6.20 Å². The third kappa shape index (κ3) is 4.92. The first kappa shape index (κ1) is 30.6. The summed E-state index contributed by atoms with van der Waals surface area (Å²) in [5, 5.41) is 4.87. The maximum Gasteiger partial charge on any atom is 0.160 e. The van der Waals surface area contributed by atoms with E-state index < -0.39 is 0 Å². The molecule has 6 aromatic carbocycles. The van der Waals surface area contributed by atoms with E-state index in [-0.39, 0.29) is 11.8 Å². The van der Waals surface area contributed by atoms with Crippen molar-refractivity contribution in [2.75, 3.05) is 0 Å². The minimum Gasteiger partial charge on any atom is -0.256 e. The Morgan fingerprint density at radius 3 is 2.08 bits per heavy atom. The monoisotopic (exact) mass is 667 g/mol. The van der Waals surface area contributed by atoms with Crippen molar-refractivity contribution < 1.29 is 0 Å². The van der Waals surface area contributed by atoms with Crippen molar-refractivity contribution in [1.29, 1.82) is 0 Å². The predicted molar refractivity (Wildman–Crippen MR) is 215 cm³/mol. The smallest absolute Gasteiger partial charge is 0.160 e. The largest absolute Gasteiger partial charge is 0.256 e. The van der Waals surface area contributed by atoms with Gasteiger partial charge in [-0.3, -0.25) is 4.98 Å². The fourth-order valence-electron chi connectivity index (χ4n) is 8.87. The third-order valence-electron chi connectivity index (χ3n) is 11.4. The summed E-state index contributed by atoms with van der Waals surface area (Å²) in [4.78, 5) is 15.7. The minimum absolute atomic E-state index is 0.0644. The van der Waals surface area contributed by atoms with Crippen molar-refractivity contribution in [3.05, 3.63) is 180 Å². The van der Waals surface area contributed by atoms with Crippen LogP contribution in [0.25, 0.3) is 72.7 Å². The lowest BCUT2D eigenvalue weighted by Gasteiger charge is -2.33. The highest BCUT2D eigenvalue weighted by Crippen LogP contribution is 2.50. The Labute approximate surface area is 304 Å². The van der Waals surface area contributed by atoms with Crippen LogP contribution in [-0.4, -0.2) is 15.0 Å². The van der Waals surface area contributed by atoms with Crippen molar-refractivity contribution in [3.63, 3.8) is 0 Å². The fourth-order valence-corrected chi connectivity index (χ4v) is 8.87. The molecule has 2 aliphatic rings. The zero-order valence-corrected chi connectivity index (χ0v) is 29.3. The molecule has 8 aromatic rings. The first-order chi connectivity index (χ1) is 25.6. The second-order valence-corrected chi connectivity index (χ2v) is 14.4. The number of hydrogen-bond donors (Lipinski definition) is 0. The van der Waals surface area contributed by atoms with Crippen molar-refractivity contribution in [2.45, 2.75) is 38.0 Å². The number of rotatable bonds is 4. The molecule has 0 aliphatic heterocycles. The summed E-state index contributed by atoms with van der Waals surface area (Å²) < 4.78 is 0. The number of benzene rings is 6. The molecule has 0 spiro atoms. The van der Waals surface area contributed by atoms with Crippen LogP contribution in [0.15, 0.2) is 152 Å². The number of aromatic nitrogens is 3. The van der Waals surface area contributed by atoms with E-state index in [4.69, 9.17) is 15.0 Å². The van der Waals surface area contributed by atoms with E-state index in [1.54, 1.807) is 0 Å². The molecule has 10 rings (SSSR count). The number of fused-ring (bicyclic) bond motifs is 7. The molecule has 2 heterocycles. The van der Waals surface area contributed by atoms with Gasteiger partial charge in [-0.05, 0) is 86.0 Å². The Hall–Kier alpha value is -6.19. The molecular formula is C49H37N3. The average molecular weight is 668 g/mol. The maximum absolute atomic E-state index is 5.47. The van der Waals surface area contributed by atoms with Crippen LogP contribution in [0.5, 0.6) is 0 Å². The van der Waals surface area contributed by atoms with Gasteiger partial charge in [0.15, 0.2) is 5.82 Å². The first-order valence-corrected chi connectivity index (χ1v) is 18.4. The average Bonchev–Trinajstić information content (AvgIpc) is 3.20. The molecule has 52 heavy (non-hydrogen) atoms. The molecule has 248 valence electrons. The van der Waals surface area contributed by atoms with Crippen molar-refractivity contribution in [1.82, 2.24) is 15.0 Å². The Morgan fingerprint density at radius 2 is 1.25 bits per heavy atom. The van der Waals surface area contributed by atoms with E-state index in [0.29, 0.717) is 5.92 Å². The van der Waals surface area contributed by atoms with E-state index in [0.717, 1.165) is 51.4 Å². The van der Waals surface area contributed by atoms with E-state index in [1.165, 1.54) is 49.5 Å². The molecule has 3 unspecified atom stereocenters. The van der Waals surface area contributed by atoms with Gasteiger partial charge < -0.3 is 0 Å². The quantitative estimate of drug-likeness (QED) is 0.187. The Balaban J connectivity index is 1.19. The molecule has 0 bridgehead atoms. The summed E-state index contributed by atoms with van der Waals surface area (Å²) >= 11 is 0. The highest BCUT2D eigenvalue weighted by molar-refractivity contribution is 6.01. The Morgan fingerprint density at radius 1 is 0.577 bits per heavy atom. The minimum atomic E-state index is 0.0644. The number of hydrogen-bond acceptors (Lipinski definition) is 3. The van der Waals surface area contributed by atoms with Crippen LogP contribution in [0.4, 0.5) is 0 Å². The van der Waals surface area contributed by atoms with Crippen LogP contribution in [0.1, 0.15) is 66.0 Å². The van der Waals surface area contributed by atoms with Gasteiger partial charge in [0, 0.05) is 34.2 Å². The molecule has 3 atom stereocenters. The normalized spacial score (nSPS) is 17.5. The number of nitrogens with zero attached hydrogens (tertiary/aromatic N) is 3. The molecule has 0 saturated carbocycles. The SMILES string of the molecule is CC1CC=Cc2cc(-c3cc(C4c5ccccc5-c5ccccc5C4C)nc(-c4ccc(-c5nccc6ccccc56)cc4)n3)c3ccccc3c21. The van der Waals surface area contributed by atoms with Gasteiger partial charge >= 0.3 is 0 Å². The Bertz CT molecular complexity index is 2700. The summed E-state index contributed by atoms with van der Waals surface area (Å²) in [5.74, 6) is 1.49. The van der Waals surface area contributed by atoms with Gasteiger partial charge in [-0.1, -0.05) is 147 Å². The number of pyridine rings is 1. The molecule has 0 amide bonds. The lowest BCUT2D eigenvalue weighted by Crippen LogP contribution is -2.18. The van der Waals surface area contributed by atoms with Crippen LogP contribution in [-0.2, 0) is 0 Å². The van der Waals surface area contributed by atoms with Crippen molar-refractivity contribution in [3.8, 4) is 45.0 Å². The summed E-state index contributed by atoms with van der Waals surface area (Å²) in [5.41, 5.74) is 14.2. The van der Waals surface area contributed by atoms with Gasteiger partial charge in [-0.2, -0.15) is 0 Å². The second-order valence-electron chi connectivity index (χ2n) is 14.4. The molecule has 0 N–H and O–H groups in total. The topological polar surface area (TPSA) is 38.7 Å². The molecule has 3 nitrogen and oxygen atoms in total. The highest BCUT2D eigenvalue weighted by Gasteiger charge is 2.33.